The maximum Gasteiger partial charge on any atom is 0.237 e. The molecule has 116 valence electrons. The van der Waals surface area contributed by atoms with Crippen LogP contribution in [0.1, 0.15) is 11.3 Å². The van der Waals surface area contributed by atoms with Crippen LogP contribution in [0.3, 0.4) is 0 Å². The van der Waals surface area contributed by atoms with Crippen molar-refractivity contribution in [1.29, 1.82) is 0 Å². The topological polar surface area (TPSA) is 52.2 Å². The third-order valence-corrected chi connectivity index (χ3v) is 3.86. The van der Waals surface area contributed by atoms with Gasteiger partial charge in [-0.3, -0.25) is 9.89 Å². The van der Waals surface area contributed by atoms with Gasteiger partial charge < -0.3 is 9.80 Å². The van der Waals surface area contributed by atoms with Gasteiger partial charge in [0.2, 0.25) is 5.91 Å². The number of hydrogen-bond donors (Lipinski definition) is 1. The van der Waals surface area contributed by atoms with Crippen molar-refractivity contribution in [2.24, 2.45) is 0 Å². The Morgan fingerprint density at radius 1 is 1.36 bits per heavy atom. The Hall–Kier alpha value is -2.21. The van der Waals surface area contributed by atoms with Crippen molar-refractivity contribution in [1.82, 2.24) is 20.0 Å². The highest BCUT2D eigenvalue weighted by molar-refractivity contribution is 5.79. The van der Waals surface area contributed by atoms with Crippen LogP contribution in [0.15, 0.2) is 24.3 Å². The second-order valence-corrected chi connectivity index (χ2v) is 5.84. The van der Waals surface area contributed by atoms with Crippen molar-refractivity contribution in [3.05, 3.63) is 41.3 Å². The smallest absolute Gasteiger partial charge is 0.237 e. The fraction of sp³-hybridized carbons (Fsp3) is 0.375. The largest absolute Gasteiger partial charge is 0.337 e. The first kappa shape index (κ1) is 14.7. The molecule has 1 N–H and O–H groups in total. The van der Waals surface area contributed by atoms with Gasteiger partial charge in [-0.25, -0.2) is 4.39 Å². The zero-order valence-corrected chi connectivity index (χ0v) is 12.8. The van der Waals surface area contributed by atoms with Gasteiger partial charge in [0.25, 0.3) is 0 Å². The molecule has 0 saturated carbocycles. The number of likely N-dealkylation sites (N-methyl/N-ethyl adjacent to an activating group) is 1. The normalized spacial score (nSPS) is 14.3. The molecule has 6 heteroatoms. The molecule has 2 aromatic rings. The van der Waals surface area contributed by atoms with E-state index in [0.717, 1.165) is 28.9 Å². The molecule has 3 rings (SSSR count). The van der Waals surface area contributed by atoms with E-state index < -0.39 is 0 Å². The van der Waals surface area contributed by atoms with Crippen LogP contribution in [0, 0.1) is 5.82 Å². The summed E-state index contributed by atoms with van der Waals surface area (Å²) < 4.78 is 13.1. The third-order valence-electron chi connectivity index (χ3n) is 3.86. The van der Waals surface area contributed by atoms with Crippen molar-refractivity contribution in [2.45, 2.75) is 13.0 Å². The molecule has 2 heterocycles. The Balaban J connectivity index is 1.85. The van der Waals surface area contributed by atoms with Gasteiger partial charge in [0.15, 0.2) is 0 Å². The van der Waals surface area contributed by atoms with E-state index >= 15 is 0 Å². The minimum absolute atomic E-state index is 0.113. The first-order chi connectivity index (χ1) is 10.5. The first-order valence-electron chi connectivity index (χ1n) is 7.29. The number of hydrogen-bond acceptors (Lipinski definition) is 3. The zero-order chi connectivity index (χ0) is 15.7. The van der Waals surface area contributed by atoms with Crippen LogP contribution < -0.4 is 0 Å². The van der Waals surface area contributed by atoms with Gasteiger partial charge in [-0.1, -0.05) is 0 Å². The number of H-pyrrole nitrogens is 1. The standard InChI is InChI=1S/C16H19FN4O/c1-20(2)10-15(22)21-8-7-14-13(9-21)16(19-18-14)11-3-5-12(17)6-4-11/h3-6H,7-10H2,1-2H3,(H,18,19). The summed E-state index contributed by atoms with van der Waals surface area (Å²) in [6, 6.07) is 6.28. The predicted molar refractivity (Wildman–Crippen MR) is 81.7 cm³/mol. The van der Waals surface area contributed by atoms with Crippen molar-refractivity contribution >= 4 is 5.91 Å². The summed E-state index contributed by atoms with van der Waals surface area (Å²) in [5.41, 5.74) is 3.76. The zero-order valence-electron chi connectivity index (χ0n) is 12.8. The minimum Gasteiger partial charge on any atom is -0.337 e. The van der Waals surface area contributed by atoms with Gasteiger partial charge in [0.05, 0.1) is 12.2 Å². The molecule has 0 radical (unpaired) electrons. The van der Waals surface area contributed by atoms with Gasteiger partial charge in [0, 0.05) is 36.3 Å². The lowest BCUT2D eigenvalue weighted by molar-refractivity contribution is -0.132. The maximum absolute atomic E-state index is 13.1. The molecule has 1 aromatic carbocycles. The van der Waals surface area contributed by atoms with E-state index in [-0.39, 0.29) is 11.7 Å². The van der Waals surface area contributed by atoms with Crippen LogP contribution in [0.25, 0.3) is 11.3 Å². The number of nitrogens with zero attached hydrogens (tertiary/aromatic N) is 3. The average molecular weight is 302 g/mol. The summed E-state index contributed by atoms with van der Waals surface area (Å²) in [6.07, 6.45) is 0.767. The lowest BCUT2D eigenvalue weighted by Crippen LogP contribution is -2.40. The SMILES string of the molecule is CN(C)CC(=O)N1CCc2[nH]nc(-c3ccc(F)cc3)c2C1. The fourth-order valence-corrected chi connectivity index (χ4v) is 2.72. The summed E-state index contributed by atoms with van der Waals surface area (Å²) in [6.45, 7) is 1.65. The Bertz CT molecular complexity index is 678. The first-order valence-corrected chi connectivity index (χ1v) is 7.29. The molecule has 1 amide bonds. The molecule has 0 bridgehead atoms. The number of rotatable bonds is 3. The van der Waals surface area contributed by atoms with Crippen LogP contribution in [-0.4, -0.2) is 53.1 Å². The molecule has 0 spiro atoms. The summed E-state index contributed by atoms with van der Waals surface area (Å²) in [7, 11) is 3.77. The number of amides is 1. The summed E-state index contributed by atoms with van der Waals surface area (Å²) >= 11 is 0. The lowest BCUT2D eigenvalue weighted by atomic mass is 10.0. The Morgan fingerprint density at radius 2 is 2.09 bits per heavy atom. The summed E-state index contributed by atoms with van der Waals surface area (Å²) in [4.78, 5) is 16.0. The van der Waals surface area contributed by atoms with E-state index in [1.807, 2.05) is 23.9 Å². The number of nitrogens with one attached hydrogen (secondary N) is 1. The Labute approximate surface area is 128 Å². The van der Waals surface area contributed by atoms with E-state index in [0.29, 0.717) is 19.6 Å². The third kappa shape index (κ3) is 2.87. The average Bonchev–Trinajstić information content (AvgIpc) is 2.90. The molecular weight excluding hydrogens is 283 g/mol. The van der Waals surface area contributed by atoms with Crippen molar-refractivity contribution < 1.29 is 9.18 Å². The molecule has 5 nitrogen and oxygen atoms in total. The molecule has 0 fully saturated rings. The number of carbonyl (C=O) groups is 1. The van der Waals surface area contributed by atoms with Gasteiger partial charge in [-0.15, -0.1) is 0 Å². The molecule has 1 aliphatic rings. The van der Waals surface area contributed by atoms with Crippen LogP contribution in [0.4, 0.5) is 4.39 Å². The fourth-order valence-electron chi connectivity index (χ4n) is 2.72. The van der Waals surface area contributed by atoms with Crippen LogP contribution in [0.2, 0.25) is 0 Å². The highest BCUT2D eigenvalue weighted by atomic mass is 19.1. The minimum atomic E-state index is -0.268. The predicted octanol–water partition coefficient (Wildman–Crippen LogP) is 1.66. The number of halogens is 1. The van der Waals surface area contributed by atoms with Gasteiger partial charge in [-0.2, -0.15) is 5.10 Å². The quantitative estimate of drug-likeness (QED) is 0.938. The number of aromatic nitrogens is 2. The van der Waals surface area contributed by atoms with E-state index in [4.69, 9.17) is 0 Å². The highest BCUT2D eigenvalue weighted by Gasteiger charge is 2.25. The molecule has 0 saturated heterocycles. The van der Waals surface area contributed by atoms with Crippen LogP contribution in [0.5, 0.6) is 0 Å². The van der Waals surface area contributed by atoms with Crippen molar-refractivity contribution in [2.75, 3.05) is 27.2 Å². The molecule has 0 aliphatic carbocycles. The second kappa shape index (κ2) is 5.88. The lowest BCUT2D eigenvalue weighted by Gasteiger charge is -2.28. The summed E-state index contributed by atoms with van der Waals surface area (Å²) in [5.74, 6) is -0.155. The van der Waals surface area contributed by atoms with E-state index in [9.17, 15) is 9.18 Å². The molecule has 22 heavy (non-hydrogen) atoms. The molecule has 1 aromatic heterocycles. The number of fused-ring (bicyclic) bond motifs is 1. The monoisotopic (exact) mass is 302 g/mol. The molecule has 0 atom stereocenters. The number of carbonyl (C=O) groups excluding carboxylic acids is 1. The van der Waals surface area contributed by atoms with Crippen molar-refractivity contribution in [3.63, 3.8) is 0 Å². The number of benzene rings is 1. The van der Waals surface area contributed by atoms with Gasteiger partial charge in [0.1, 0.15) is 5.82 Å². The molecule has 1 aliphatic heterocycles. The molecule has 0 unspecified atom stereocenters. The van der Waals surface area contributed by atoms with E-state index in [2.05, 4.69) is 10.2 Å². The van der Waals surface area contributed by atoms with Gasteiger partial charge >= 0.3 is 0 Å². The van der Waals surface area contributed by atoms with Crippen LogP contribution >= 0.6 is 0 Å². The maximum atomic E-state index is 13.1. The Morgan fingerprint density at radius 3 is 2.77 bits per heavy atom. The van der Waals surface area contributed by atoms with Crippen molar-refractivity contribution in [3.8, 4) is 11.3 Å². The van der Waals surface area contributed by atoms with Gasteiger partial charge in [-0.05, 0) is 38.4 Å². The number of aromatic amines is 1. The second-order valence-electron chi connectivity index (χ2n) is 5.84. The Kier molecular flexibility index (Phi) is 3.94. The van der Waals surface area contributed by atoms with E-state index in [1.165, 1.54) is 12.1 Å². The highest BCUT2D eigenvalue weighted by Crippen LogP contribution is 2.28. The summed E-state index contributed by atoms with van der Waals surface area (Å²) in [5, 5.41) is 7.40. The molecular formula is C16H19FN4O. The van der Waals surface area contributed by atoms with E-state index in [1.54, 1.807) is 12.1 Å². The van der Waals surface area contributed by atoms with Crippen LogP contribution in [-0.2, 0) is 17.8 Å².